The Morgan fingerprint density at radius 2 is 2.03 bits per heavy atom. The van der Waals surface area contributed by atoms with E-state index < -0.39 is 5.97 Å². The highest BCUT2D eigenvalue weighted by atomic mass is 16.5. The molecule has 5 rings (SSSR count). The highest BCUT2D eigenvalue weighted by Gasteiger charge is 2.26. The van der Waals surface area contributed by atoms with Gasteiger partial charge in [0.25, 0.3) is 0 Å². The van der Waals surface area contributed by atoms with E-state index in [-0.39, 0.29) is 17.9 Å². The Bertz CT molecular complexity index is 1230. The molecule has 2 aliphatic carbocycles. The summed E-state index contributed by atoms with van der Waals surface area (Å²) in [5, 5.41) is 12.5. The standard InChI is InChI=1S/C26H23N3O4/c30-26(31)24-13-12-23(33-24)18-6-11-22-21(14-18)25(28-16-27-22)29-19-7-9-20(10-8-19)32-15-17-4-2-1-3-5-17/h1-9,12-14,16,20,22H,10-11,15H2,(H,30,31)(H,27,28,29). The molecule has 1 aromatic carbocycles. The Kier molecular flexibility index (Phi) is 5.87. The average molecular weight is 441 g/mol. The zero-order chi connectivity index (χ0) is 22.6. The predicted octanol–water partition coefficient (Wildman–Crippen LogP) is 4.52. The van der Waals surface area contributed by atoms with Gasteiger partial charge in [-0.2, -0.15) is 0 Å². The largest absolute Gasteiger partial charge is 0.475 e. The van der Waals surface area contributed by atoms with Gasteiger partial charge in [0.15, 0.2) is 0 Å². The first-order valence-corrected chi connectivity index (χ1v) is 10.8. The Balaban J connectivity index is 1.24. The number of aromatic carboxylic acids is 1. The van der Waals surface area contributed by atoms with Gasteiger partial charge < -0.3 is 19.6 Å². The molecule has 0 spiro atoms. The Morgan fingerprint density at radius 3 is 2.79 bits per heavy atom. The molecular weight excluding hydrogens is 418 g/mol. The second-order valence-corrected chi connectivity index (χ2v) is 7.94. The van der Waals surface area contributed by atoms with E-state index in [1.54, 1.807) is 12.4 Å². The number of carboxylic acids is 1. The summed E-state index contributed by atoms with van der Waals surface area (Å²) >= 11 is 0. The van der Waals surface area contributed by atoms with Crippen molar-refractivity contribution in [3.63, 3.8) is 0 Å². The van der Waals surface area contributed by atoms with Gasteiger partial charge in [0, 0.05) is 16.8 Å². The number of rotatable bonds is 6. The molecule has 3 aliphatic rings. The first kappa shape index (κ1) is 20.9. The van der Waals surface area contributed by atoms with Crippen molar-refractivity contribution in [2.24, 2.45) is 9.98 Å². The van der Waals surface area contributed by atoms with Crippen LogP contribution in [-0.4, -0.2) is 35.4 Å². The van der Waals surface area contributed by atoms with Crippen LogP contribution in [0.1, 0.15) is 34.7 Å². The van der Waals surface area contributed by atoms with Crippen molar-refractivity contribution in [1.82, 2.24) is 5.32 Å². The molecule has 0 saturated carbocycles. The lowest BCUT2D eigenvalue weighted by molar-refractivity contribution is 0.0661. The van der Waals surface area contributed by atoms with Crippen LogP contribution in [-0.2, 0) is 11.3 Å². The highest BCUT2D eigenvalue weighted by Crippen LogP contribution is 2.30. The van der Waals surface area contributed by atoms with Crippen LogP contribution < -0.4 is 5.32 Å². The molecule has 2 unspecified atom stereocenters. The van der Waals surface area contributed by atoms with Gasteiger partial charge in [-0.15, -0.1) is 0 Å². The van der Waals surface area contributed by atoms with Crippen LogP contribution in [0.5, 0.6) is 0 Å². The Labute approximate surface area is 191 Å². The number of nitrogens with one attached hydrogen (secondary N) is 1. The number of carboxylic acid groups (broad SMARTS) is 1. The maximum Gasteiger partial charge on any atom is 0.371 e. The summed E-state index contributed by atoms with van der Waals surface area (Å²) in [5.41, 5.74) is 3.87. The molecule has 7 heteroatoms. The SMILES string of the molecule is O=C(O)c1ccc(C2=CCC3N=CN=C(NC4=CCC(OCc5ccccc5)C=C4)C3=C2)o1. The van der Waals surface area contributed by atoms with E-state index in [9.17, 15) is 4.79 Å². The second-order valence-electron chi connectivity index (χ2n) is 7.94. The second kappa shape index (κ2) is 9.26. The number of carbonyl (C=O) groups is 1. The van der Waals surface area contributed by atoms with Crippen LogP contribution in [0.2, 0.25) is 0 Å². The van der Waals surface area contributed by atoms with Crippen molar-refractivity contribution in [2.45, 2.75) is 31.6 Å². The molecule has 2 atom stereocenters. The van der Waals surface area contributed by atoms with Crippen molar-refractivity contribution in [1.29, 1.82) is 0 Å². The van der Waals surface area contributed by atoms with Gasteiger partial charge in [-0.05, 0) is 42.7 Å². The third-order valence-corrected chi connectivity index (χ3v) is 5.67. The lowest BCUT2D eigenvalue weighted by Crippen LogP contribution is -2.33. The first-order chi connectivity index (χ1) is 16.2. The van der Waals surface area contributed by atoms with Crippen LogP contribution in [0.25, 0.3) is 5.57 Å². The van der Waals surface area contributed by atoms with E-state index in [2.05, 4.69) is 39.6 Å². The van der Waals surface area contributed by atoms with Crippen molar-refractivity contribution in [2.75, 3.05) is 0 Å². The van der Waals surface area contributed by atoms with Crippen molar-refractivity contribution < 1.29 is 19.1 Å². The number of fused-ring (bicyclic) bond motifs is 1. The molecule has 2 N–H and O–H groups in total. The first-order valence-electron chi connectivity index (χ1n) is 10.8. The van der Waals surface area contributed by atoms with Gasteiger partial charge in [-0.1, -0.05) is 48.6 Å². The molecule has 2 heterocycles. The van der Waals surface area contributed by atoms with E-state index in [1.807, 2.05) is 36.4 Å². The third kappa shape index (κ3) is 4.78. The molecule has 0 radical (unpaired) electrons. The van der Waals surface area contributed by atoms with Crippen molar-refractivity contribution in [3.8, 4) is 0 Å². The van der Waals surface area contributed by atoms with Crippen LogP contribution in [0.15, 0.2) is 98.5 Å². The summed E-state index contributed by atoms with van der Waals surface area (Å²) in [6.07, 6.45) is 13.2. The number of allylic oxidation sites excluding steroid dienone is 3. The van der Waals surface area contributed by atoms with E-state index in [0.717, 1.165) is 34.7 Å². The molecule has 33 heavy (non-hydrogen) atoms. The van der Waals surface area contributed by atoms with Crippen LogP contribution in [0.4, 0.5) is 0 Å². The Morgan fingerprint density at radius 1 is 1.15 bits per heavy atom. The molecule has 7 nitrogen and oxygen atoms in total. The number of benzene rings is 1. The summed E-state index contributed by atoms with van der Waals surface area (Å²) in [7, 11) is 0. The van der Waals surface area contributed by atoms with E-state index >= 15 is 0 Å². The fraction of sp³-hybridized carbons (Fsp3) is 0.192. The molecule has 0 saturated heterocycles. The fourth-order valence-electron chi connectivity index (χ4n) is 3.92. The van der Waals surface area contributed by atoms with Crippen molar-refractivity contribution in [3.05, 3.63) is 101 Å². The minimum Gasteiger partial charge on any atom is -0.475 e. The molecular formula is C26H23N3O4. The van der Waals surface area contributed by atoms with Crippen LogP contribution >= 0.6 is 0 Å². The van der Waals surface area contributed by atoms with Gasteiger partial charge in [0.05, 0.1) is 18.8 Å². The number of hydrogen-bond acceptors (Lipinski definition) is 6. The molecule has 0 amide bonds. The summed E-state index contributed by atoms with van der Waals surface area (Å²) in [6, 6.07) is 13.2. The third-order valence-electron chi connectivity index (χ3n) is 5.67. The Hall–Kier alpha value is -3.97. The molecule has 0 fully saturated rings. The predicted molar refractivity (Wildman–Crippen MR) is 126 cm³/mol. The zero-order valence-corrected chi connectivity index (χ0v) is 17.8. The number of amidine groups is 1. The monoisotopic (exact) mass is 441 g/mol. The van der Waals surface area contributed by atoms with Gasteiger partial charge in [-0.3, -0.25) is 4.99 Å². The molecule has 2 aromatic rings. The summed E-state index contributed by atoms with van der Waals surface area (Å²) in [6.45, 7) is 0.579. The van der Waals surface area contributed by atoms with E-state index in [1.165, 1.54) is 6.07 Å². The summed E-state index contributed by atoms with van der Waals surface area (Å²) < 4.78 is 11.5. The number of furan rings is 1. The summed E-state index contributed by atoms with van der Waals surface area (Å²) in [4.78, 5) is 20.1. The van der Waals surface area contributed by atoms with Crippen LogP contribution in [0.3, 0.4) is 0 Å². The maximum atomic E-state index is 11.1. The van der Waals surface area contributed by atoms with Crippen LogP contribution in [0, 0.1) is 0 Å². The molecule has 1 aliphatic heterocycles. The number of ether oxygens (including phenoxy) is 1. The van der Waals surface area contributed by atoms with Crippen molar-refractivity contribution >= 4 is 23.7 Å². The van der Waals surface area contributed by atoms with Gasteiger partial charge in [0.1, 0.15) is 17.9 Å². The van der Waals surface area contributed by atoms with Gasteiger partial charge in [-0.25, -0.2) is 9.79 Å². The lowest BCUT2D eigenvalue weighted by atomic mass is 9.92. The molecule has 166 valence electrons. The smallest absolute Gasteiger partial charge is 0.371 e. The number of aliphatic imine (C=N–C) groups is 2. The fourth-order valence-corrected chi connectivity index (χ4v) is 3.92. The van der Waals surface area contributed by atoms with E-state index in [0.29, 0.717) is 18.8 Å². The topological polar surface area (TPSA) is 96.4 Å². The quantitative estimate of drug-likeness (QED) is 0.687. The normalized spacial score (nSPS) is 21.5. The van der Waals surface area contributed by atoms with E-state index in [4.69, 9.17) is 14.3 Å². The molecule has 0 bridgehead atoms. The molecule has 1 aromatic heterocycles. The average Bonchev–Trinajstić information content (AvgIpc) is 3.35. The zero-order valence-electron chi connectivity index (χ0n) is 17.8. The minimum absolute atomic E-state index is 0.0298. The minimum atomic E-state index is -1.09. The lowest BCUT2D eigenvalue weighted by Gasteiger charge is -2.25. The van der Waals surface area contributed by atoms with Gasteiger partial charge in [0.2, 0.25) is 5.76 Å². The number of hydrogen-bond donors (Lipinski definition) is 2. The maximum absolute atomic E-state index is 11.1. The number of nitrogens with zero attached hydrogens (tertiary/aromatic N) is 2. The summed E-state index contributed by atoms with van der Waals surface area (Å²) in [5.74, 6) is 0.0747. The van der Waals surface area contributed by atoms with Gasteiger partial charge >= 0.3 is 5.97 Å². The highest BCUT2D eigenvalue weighted by molar-refractivity contribution is 6.07.